The van der Waals surface area contributed by atoms with Gasteiger partial charge >= 0.3 is 0 Å². The molecule has 1 aliphatic carbocycles. The van der Waals surface area contributed by atoms with E-state index in [1.54, 1.807) is 30.0 Å². The molecular formula is C28H26N4O4. The van der Waals surface area contributed by atoms with Crippen LogP contribution in [0.15, 0.2) is 79.1 Å². The van der Waals surface area contributed by atoms with Gasteiger partial charge in [0.2, 0.25) is 11.8 Å². The summed E-state index contributed by atoms with van der Waals surface area (Å²) in [6, 6.07) is 20.8. The lowest BCUT2D eigenvalue weighted by molar-refractivity contribution is -0.133. The normalized spacial score (nSPS) is 18.4. The maximum Gasteiger partial charge on any atom is 0.247 e. The summed E-state index contributed by atoms with van der Waals surface area (Å²) >= 11 is 0. The highest BCUT2D eigenvalue weighted by atomic mass is 16.5. The van der Waals surface area contributed by atoms with Crippen molar-refractivity contribution in [3.63, 3.8) is 0 Å². The van der Waals surface area contributed by atoms with Gasteiger partial charge in [-0.15, -0.1) is 0 Å². The van der Waals surface area contributed by atoms with Crippen LogP contribution in [0.4, 0.5) is 0 Å². The Morgan fingerprint density at radius 3 is 2.78 bits per heavy atom. The molecular weight excluding hydrogens is 456 g/mol. The van der Waals surface area contributed by atoms with E-state index in [0.29, 0.717) is 17.9 Å². The van der Waals surface area contributed by atoms with Crippen LogP contribution in [0.25, 0.3) is 10.9 Å². The number of carbonyl (C=O) groups is 2. The van der Waals surface area contributed by atoms with E-state index in [1.165, 1.54) is 0 Å². The average molecular weight is 483 g/mol. The number of ether oxygens (including phenoxy) is 1. The van der Waals surface area contributed by atoms with Gasteiger partial charge in [0, 0.05) is 35.6 Å². The van der Waals surface area contributed by atoms with Gasteiger partial charge in [-0.3, -0.25) is 24.8 Å². The number of amides is 2. The van der Waals surface area contributed by atoms with E-state index in [0.717, 1.165) is 27.7 Å². The minimum atomic E-state index is -1.09. The minimum absolute atomic E-state index is 0.284. The SMILES string of the molecule is Cc1cc(COc2cccc(C3(C(=O)NCc4cccnc4)CC3C(=O)NO)c2)c2ccccc2n1. The molecule has 1 fully saturated rings. The van der Waals surface area contributed by atoms with Crippen LogP contribution in [0.5, 0.6) is 5.75 Å². The summed E-state index contributed by atoms with van der Waals surface area (Å²) in [5.74, 6) is -0.969. The van der Waals surface area contributed by atoms with Crippen molar-refractivity contribution in [3.8, 4) is 5.75 Å². The van der Waals surface area contributed by atoms with Crippen molar-refractivity contribution in [2.24, 2.45) is 5.92 Å². The van der Waals surface area contributed by atoms with Gasteiger partial charge in [0.25, 0.3) is 0 Å². The van der Waals surface area contributed by atoms with Crippen molar-refractivity contribution in [1.29, 1.82) is 0 Å². The molecule has 0 radical (unpaired) electrons. The van der Waals surface area contributed by atoms with E-state index in [4.69, 9.17) is 4.74 Å². The van der Waals surface area contributed by atoms with Crippen molar-refractivity contribution < 1.29 is 19.5 Å². The number of rotatable bonds is 8. The Hall–Kier alpha value is -4.30. The van der Waals surface area contributed by atoms with Crippen LogP contribution in [0, 0.1) is 12.8 Å². The van der Waals surface area contributed by atoms with Gasteiger partial charge in [-0.2, -0.15) is 0 Å². The van der Waals surface area contributed by atoms with E-state index < -0.39 is 17.2 Å². The molecule has 182 valence electrons. The van der Waals surface area contributed by atoms with Crippen LogP contribution in [-0.2, 0) is 28.2 Å². The molecule has 1 saturated carbocycles. The fraction of sp³-hybridized carbons (Fsp3) is 0.214. The molecule has 36 heavy (non-hydrogen) atoms. The number of hydrogen-bond acceptors (Lipinski definition) is 6. The third kappa shape index (κ3) is 4.50. The molecule has 0 spiro atoms. The molecule has 2 aromatic carbocycles. The van der Waals surface area contributed by atoms with Crippen LogP contribution in [0.2, 0.25) is 0 Å². The Morgan fingerprint density at radius 1 is 1.11 bits per heavy atom. The maximum atomic E-state index is 13.4. The molecule has 3 N–H and O–H groups in total. The fourth-order valence-corrected chi connectivity index (χ4v) is 4.74. The third-order valence-corrected chi connectivity index (χ3v) is 6.64. The van der Waals surface area contributed by atoms with Gasteiger partial charge in [-0.25, -0.2) is 5.48 Å². The number of hydrogen-bond donors (Lipinski definition) is 3. The first-order chi connectivity index (χ1) is 17.5. The van der Waals surface area contributed by atoms with E-state index in [-0.39, 0.29) is 18.9 Å². The molecule has 4 aromatic rings. The number of aryl methyl sites for hydroxylation is 1. The molecule has 0 aliphatic heterocycles. The van der Waals surface area contributed by atoms with Crippen LogP contribution in [-0.4, -0.2) is 27.0 Å². The highest BCUT2D eigenvalue weighted by Crippen LogP contribution is 2.55. The smallest absolute Gasteiger partial charge is 0.247 e. The van der Waals surface area contributed by atoms with Crippen LogP contribution in [0.3, 0.4) is 0 Å². The number of aromatic nitrogens is 2. The van der Waals surface area contributed by atoms with Gasteiger partial charge in [0.1, 0.15) is 12.4 Å². The van der Waals surface area contributed by atoms with Gasteiger partial charge < -0.3 is 10.1 Å². The van der Waals surface area contributed by atoms with E-state index in [1.807, 2.05) is 61.5 Å². The number of nitrogens with one attached hydrogen (secondary N) is 2. The van der Waals surface area contributed by atoms with Crippen LogP contribution < -0.4 is 15.5 Å². The van der Waals surface area contributed by atoms with Gasteiger partial charge in [-0.05, 0) is 54.8 Å². The highest BCUT2D eigenvalue weighted by Gasteiger charge is 2.64. The molecule has 2 heterocycles. The Labute approximate surface area is 208 Å². The second-order valence-electron chi connectivity index (χ2n) is 9.00. The number of pyridine rings is 2. The summed E-state index contributed by atoms with van der Waals surface area (Å²) in [6.45, 7) is 2.56. The molecule has 2 atom stereocenters. The van der Waals surface area contributed by atoms with Crippen molar-refractivity contribution in [1.82, 2.24) is 20.8 Å². The van der Waals surface area contributed by atoms with Crippen molar-refractivity contribution in [2.45, 2.75) is 31.9 Å². The zero-order valence-corrected chi connectivity index (χ0v) is 19.8. The zero-order valence-electron chi connectivity index (χ0n) is 19.8. The van der Waals surface area contributed by atoms with Crippen molar-refractivity contribution in [3.05, 3.63) is 102 Å². The highest BCUT2D eigenvalue weighted by molar-refractivity contribution is 6.00. The Balaban J connectivity index is 1.38. The second kappa shape index (κ2) is 9.75. The molecule has 8 heteroatoms. The molecule has 1 aliphatic rings. The summed E-state index contributed by atoms with van der Waals surface area (Å²) in [5.41, 5.74) is 4.94. The summed E-state index contributed by atoms with van der Waals surface area (Å²) in [6.07, 6.45) is 3.63. The quantitative estimate of drug-likeness (QED) is 0.261. The van der Waals surface area contributed by atoms with Crippen LogP contribution in [0.1, 0.15) is 28.8 Å². The van der Waals surface area contributed by atoms with Crippen molar-refractivity contribution in [2.75, 3.05) is 0 Å². The number of para-hydroxylation sites is 1. The topological polar surface area (TPSA) is 113 Å². The van der Waals surface area contributed by atoms with Crippen molar-refractivity contribution >= 4 is 22.7 Å². The van der Waals surface area contributed by atoms with Gasteiger partial charge in [0.15, 0.2) is 0 Å². The predicted molar refractivity (Wildman–Crippen MR) is 133 cm³/mol. The lowest BCUT2D eigenvalue weighted by atomic mass is 9.91. The molecule has 5 rings (SSSR count). The number of hydroxylamine groups is 1. The Morgan fingerprint density at radius 2 is 1.97 bits per heavy atom. The predicted octanol–water partition coefficient (Wildman–Crippen LogP) is 3.60. The Bertz CT molecular complexity index is 1430. The Kier molecular flexibility index (Phi) is 6.35. The number of carbonyl (C=O) groups excluding carboxylic acids is 2. The fourth-order valence-electron chi connectivity index (χ4n) is 4.74. The second-order valence-corrected chi connectivity index (χ2v) is 9.00. The maximum absolute atomic E-state index is 13.4. The summed E-state index contributed by atoms with van der Waals surface area (Å²) in [4.78, 5) is 34.3. The van der Waals surface area contributed by atoms with E-state index in [9.17, 15) is 14.8 Å². The molecule has 2 amide bonds. The monoisotopic (exact) mass is 482 g/mol. The first-order valence-corrected chi connectivity index (χ1v) is 11.7. The lowest BCUT2D eigenvalue weighted by Gasteiger charge is -2.19. The largest absolute Gasteiger partial charge is 0.489 e. The molecule has 8 nitrogen and oxygen atoms in total. The molecule has 0 saturated heterocycles. The summed E-state index contributed by atoms with van der Waals surface area (Å²) in [7, 11) is 0. The molecule has 0 bridgehead atoms. The zero-order chi connectivity index (χ0) is 25.1. The average Bonchev–Trinajstić information content (AvgIpc) is 3.68. The molecule has 2 aromatic heterocycles. The summed E-state index contributed by atoms with van der Waals surface area (Å²) in [5, 5.41) is 13.2. The lowest BCUT2D eigenvalue weighted by Crippen LogP contribution is -2.38. The first-order valence-electron chi connectivity index (χ1n) is 11.7. The molecule has 2 unspecified atom stereocenters. The summed E-state index contributed by atoms with van der Waals surface area (Å²) < 4.78 is 6.13. The first kappa shape index (κ1) is 23.4. The van der Waals surface area contributed by atoms with E-state index in [2.05, 4.69) is 15.3 Å². The minimum Gasteiger partial charge on any atom is -0.489 e. The number of benzene rings is 2. The number of nitrogens with zero attached hydrogens (tertiary/aromatic N) is 2. The van der Waals surface area contributed by atoms with Crippen LogP contribution >= 0.6 is 0 Å². The third-order valence-electron chi connectivity index (χ3n) is 6.64. The standard InChI is InChI=1S/C28H26N4O4/c1-18-12-20(23-9-2-3-10-25(23)31-18)17-36-22-8-4-7-21(13-22)28(14-24(28)26(33)32-35)27(34)30-16-19-6-5-11-29-15-19/h2-13,15,24,35H,14,16-17H2,1H3,(H,30,34)(H,32,33). The van der Waals surface area contributed by atoms with Gasteiger partial charge in [0.05, 0.1) is 16.8 Å². The van der Waals surface area contributed by atoms with E-state index >= 15 is 0 Å². The number of fused-ring (bicyclic) bond motifs is 1. The van der Waals surface area contributed by atoms with Gasteiger partial charge in [-0.1, -0.05) is 36.4 Å².